The smallest absolute Gasteiger partial charge is 0.264 e. The van der Waals surface area contributed by atoms with E-state index >= 15 is 0 Å². The van der Waals surface area contributed by atoms with Crippen molar-refractivity contribution in [1.82, 2.24) is 10.2 Å². The van der Waals surface area contributed by atoms with Crippen LogP contribution in [0.1, 0.15) is 29.2 Å². The van der Waals surface area contributed by atoms with Gasteiger partial charge in [-0.05, 0) is 80.8 Å². The van der Waals surface area contributed by atoms with Gasteiger partial charge in [0.2, 0.25) is 11.8 Å². The van der Waals surface area contributed by atoms with Gasteiger partial charge in [0.15, 0.2) is 0 Å². The minimum atomic E-state index is -4.09. The summed E-state index contributed by atoms with van der Waals surface area (Å²) in [4.78, 5) is 27.9. The fourth-order valence-electron chi connectivity index (χ4n) is 3.97. The molecule has 0 aliphatic heterocycles. The van der Waals surface area contributed by atoms with Gasteiger partial charge in [-0.3, -0.25) is 13.9 Å². The molecule has 0 spiro atoms. The summed E-state index contributed by atoms with van der Waals surface area (Å²) >= 11 is 0. The van der Waals surface area contributed by atoms with E-state index in [0.717, 1.165) is 26.6 Å². The van der Waals surface area contributed by atoms with Crippen LogP contribution in [-0.2, 0) is 26.2 Å². The Hall–Kier alpha value is -3.85. The third-order valence-electron chi connectivity index (χ3n) is 6.59. The molecule has 0 saturated carbocycles. The average Bonchev–Trinajstić information content (AvgIpc) is 2.91. The number of sulfonamides is 1. The molecule has 8 nitrogen and oxygen atoms in total. The van der Waals surface area contributed by atoms with Gasteiger partial charge in [0.1, 0.15) is 18.3 Å². The van der Waals surface area contributed by atoms with E-state index in [4.69, 9.17) is 4.74 Å². The number of rotatable bonds is 10. The summed E-state index contributed by atoms with van der Waals surface area (Å²) in [5.41, 5.74) is 3.96. The molecule has 0 aromatic heterocycles. The monoisotopic (exact) mass is 537 g/mol. The maximum Gasteiger partial charge on any atom is 0.264 e. The first-order valence-corrected chi connectivity index (χ1v) is 13.7. The molecule has 0 aliphatic carbocycles. The van der Waals surface area contributed by atoms with Gasteiger partial charge in [-0.25, -0.2) is 8.42 Å². The number of hydrogen-bond donors (Lipinski definition) is 1. The molecule has 2 amide bonds. The summed E-state index contributed by atoms with van der Waals surface area (Å²) in [6.45, 7) is 6.96. The Morgan fingerprint density at radius 2 is 1.55 bits per heavy atom. The van der Waals surface area contributed by atoms with E-state index in [1.807, 2.05) is 26.8 Å². The number of nitrogens with zero attached hydrogens (tertiary/aromatic N) is 2. The van der Waals surface area contributed by atoms with Crippen LogP contribution in [0.25, 0.3) is 0 Å². The lowest BCUT2D eigenvalue weighted by molar-refractivity contribution is -0.139. The zero-order valence-corrected chi connectivity index (χ0v) is 23.5. The number of carbonyl (C=O) groups excluding carboxylic acids is 2. The lowest BCUT2D eigenvalue weighted by Crippen LogP contribution is -2.50. The minimum Gasteiger partial charge on any atom is -0.497 e. The van der Waals surface area contributed by atoms with Crippen molar-refractivity contribution in [3.8, 4) is 5.75 Å². The fraction of sp³-hybridized carbons (Fsp3) is 0.310. The molecule has 3 aromatic carbocycles. The number of hydrogen-bond acceptors (Lipinski definition) is 5. The molecule has 3 aromatic rings. The van der Waals surface area contributed by atoms with Gasteiger partial charge in [-0.1, -0.05) is 35.9 Å². The topological polar surface area (TPSA) is 96.0 Å². The van der Waals surface area contributed by atoms with Crippen molar-refractivity contribution in [2.75, 3.05) is 25.0 Å². The first-order valence-electron chi connectivity index (χ1n) is 12.3. The highest BCUT2D eigenvalue weighted by atomic mass is 32.2. The summed E-state index contributed by atoms with van der Waals surface area (Å²) in [6.07, 6.45) is 0. The molecule has 0 saturated heterocycles. The molecule has 0 aliphatic rings. The van der Waals surface area contributed by atoms with Crippen LogP contribution in [0.4, 0.5) is 5.69 Å². The minimum absolute atomic E-state index is 0.0789. The molecule has 1 atom stereocenters. The van der Waals surface area contributed by atoms with Gasteiger partial charge in [-0.2, -0.15) is 0 Å². The molecule has 202 valence electrons. The molecule has 0 radical (unpaired) electrons. The number of aryl methyl sites for hydroxylation is 3. The number of amides is 2. The Balaban J connectivity index is 2.04. The van der Waals surface area contributed by atoms with E-state index in [0.29, 0.717) is 11.4 Å². The molecule has 0 unspecified atom stereocenters. The number of benzene rings is 3. The summed E-state index contributed by atoms with van der Waals surface area (Å²) in [6, 6.07) is 18.1. The normalized spacial score (nSPS) is 11.9. The van der Waals surface area contributed by atoms with E-state index in [-0.39, 0.29) is 17.3 Å². The van der Waals surface area contributed by atoms with Crippen LogP contribution in [-0.4, -0.2) is 51.9 Å². The number of carbonyl (C=O) groups is 2. The second kappa shape index (κ2) is 12.1. The number of likely N-dealkylation sites (N-methyl/N-ethyl adjacent to an activating group) is 1. The lowest BCUT2D eigenvalue weighted by atomic mass is 10.1. The quantitative estimate of drug-likeness (QED) is 0.422. The van der Waals surface area contributed by atoms with Gasteiger partial charge in [-0.15, -0.1) is 0 Å². The maximum atomic E-state index is 13.8. The SMILES string of the molecule is CNC(=O)[C@H](C)N(Cc1ccc(OC)cc1)C(=O)CN(c1ccc(C)c(C)c1)S(=O)(=O)c1ccc(C)cc1. The molecule has 3 rings (SSSR count). The van der Waals surface area contributed by atoms with Gasteiger partial charge < -0.3 is 15.0 Å². The second-order valence-electron chi connectivity index (χ2n) is 9.25. The molecular formula is C29H35N3O5S. The highest BCUT2D eigenvalue weighted by Gasteiger charge is 2.32. The van der Waals surface area contributed by atoms with Crippen LogP contribution in [0.2, 0.25) is 0 Å². The number of ether oxygens (including phenoxy) is 1. The van der Waals surface area contributed by atoms with Crippen molar-refractivity contribution in [2.45, 2.75) is 45.2 Å². The number of nitrogens with one attached hydrogen (secondary N) is 1. The molecule has 1 N–H and O–H groups in total. The third-order valence-corrected chi connectivity index (χ3v) is 8.38. The average molecular weight is 538 g/mol. The summed E-state index contributed by atoms with van der Waals surface area (Å²) < 4.78 is 34.0. The van der Waals surface area contributed by atoms with Crippen molar-refractivity contribution < 1.29 is 22.7 Å². The summed E-state index contributed by atoms with van der Waals surface area (Å²) in [5, 5.41) is 2.58. The Labute approximate surface area is 225 Å². The first kappa shape index (κ1) is 28.7. The lowest BCUT2D eigenvalue weighted by Gasteiger charge is -2.32. The Morgan fingerprint density at radius 1 is 0.921 bits per heavy atom. The van der Waals surface area contributed by atoms with Crippen LogP contribution in [0, 0.1) is 20.8 Å². The molecule has 0 heterocycles. The predicted octanol–water partition coefficient (Wildman–Crippen LogP) is 3.98. The van der Waals surface area contributed by atoms with Crippen molar-refractivity contribution in [1.29, 1.82) is 0 Å². The van der Waals surface area contributed by atoms with Crippen molar-refractivity contribution in [3.05, 3.63) is 89.0 Å². The molecule has 0 bridgehead atoms. The first-order chi connectivity index (χ1) is 18.0. The van der Waals surface area contributed by atoms with Gasteiger partial charge in [0.25, 0.3) is 10.0 Å². The molecule has 9 heteroatoms. The predicted molar refractivity (Wildman–Crippen MR) is 149 cm³/mol. The Kier molecular flexibility index (Phi) is 9.17. The summed E-state index contributed by atoms with van der Waals surface area (Å²) in [5.74, 6) is -0.201. The van der Waals surface area contributed by atoms with E-state index < -0.39 is 28.5 Å². The second-order valence-corrected chi connectivity index (χ2v) is 11.1. The zero-order chi connectivity index (χ0) is 28.0. The van der Waals surface area contributed by atoms with Gasteiger partial charge in [0.05, 0.1) is 17.7 Å². The van der Waals surface area contributed by atoms with E-state index in [1.165, 1.54) is 24.1 Å². The number of anilines is 1. The maximum absolute atomic E-state index is 13.8. The molecule has 38 heavy (non-hydrogen) atoms. The van der Waals surface area contributed by atoms with Crippen LogP contribution in [0.15, 0.2) is 71.6 Å². The van der Waals surface area contributed by atoms with E-state index in [1.54, 1.807) is 62.6 Å². The van der Waals surface area contributed by atoms with Gasteiger partial charge >= 0.3 is 0 Å². The highest BCUT2D eigenvalue weighted by Crippen LogP contribution is 2.27. The van der Waals surface area contributed by atoms with E-state index in [2.05, 4.69) is 5.32 Å². The van der Waals surface area contributed by atoms with Gasteiger partial charge in [0, 0.05) is 13.6 Å². The zero-order valence-electron chi connectivity index (χ0n) is 22.7. The van der Waals surface area contributed by atoms with Crippen molar-refractivity contribution >= 4 is 27.5 Å². The van der Waals surface area contributed by atoms with Crippen molar-refractivity contribution in [3.63, 3.8) is 0 Å². The highest BCUT2D eigenvalue weighted by molar-refractivity contribution is 7.92. The third kappa shape index (κ3) is 6.52. The number of methoxy groups -OCH3 is 1. The van der Waals surface area contributed by atoms with Crippen LogP contribution in [0.5, 0.6) is 5.75 Å². The molecule has 0 fully saturated rings. The Morgan fingerprint density at radius 3 is 2.11 bits per heavy atom. The largest absolute Gasteiger partial charge is 0.497 e. The fourth-order valence-corrected chi connectivity index (χ4v) is 5.37. The van der Waals surface area contributed by atoms with Crippen LogP contribution < -0.4 is 14.4 Å². The van der Waals surface area contributed by atoms with E-state index in [9.17, 15) is 18.0 Å². The van der Waals surface area contributed by atoms with Crippen LogP contribution in [0.3, 0.4) is 0 Å². The molecular weight excluding hydrogens is 502 g/mol. The standard InChI is InChI=1S/C29H35N3O5S/c1-20-7-15-27(16-8-20)38(35,36)32(25-12-9-21(2)22(3)17-25)19-28(33)31(23(4)29(34)30-5)18-24-10-13-26(37-6)14-11-24/h7-17,23H,18-19H2,1-6H3,(H,30,34)/t23-/m0/s1. The van der Waals surface area contributed by atoms with Crippen LogP contribution >= 0.6 is 0 Å². The van der Waals surface area contributed by atoms with Crippen molar-refractivity contribution in [2.24, 2.45) is 0 Å². The Bertz CT molecular complexity index is 1390. The summed E-state index contributed by atoms with van der Waals surface area (Å²) in [7, 11) is -1.03.